The molecule has 1 aliphatic rings. The van der Waals surface area contributed by atoms with Crippen molar-refractivity contribution in [1.29, 1.82) is 0 Å². The second-order valence-corrected chi connectivity index (χ2v) is 6.47. The first kappa shape index (κ1) is 12.5. The Morgan fingerprint density at radius 1 is 1.38 bits per heavy atom. The Bertz CT molecular complexity index is 441. The van der Waals surface area contributed by atoms with E-state index in [1.165, 1.54) is 0 Å². The monoisotopic (exact) mass is 342 g/mol. The maximum absolute atomic E-state index is 10.9. The number of rotatable bonds is 2. The molecule has 1 aromatic rings. The Morgan fingerprint density at radius 2 is 2.00 bits per heavy atom. The topological polar surface area (TPSA) is 37.3 Å². The second-order valence-electron chi connectivity index (χ2n) is 3.67. The van der Waals surface area contributed by atoms with Crippen LogP contribution in [0, 0.1) is 5.92 Å². The lowest BCUT2D eigenvalue weighted by molar-refractivity contribution is -0.138. The van der Waals surface area contributed by atoms with Crippen molar-refractivity contribution in [3.8, 4) is 0 Å². The fourth-order valence-electron chi connectivity index (χ4n) is 1.80. The number of carboxylic acids is 1. The van der Waals surface area contributed by atoms with Crippen LogP contribution in [0.25, 0.3) is 0 Å². The summed E-state index contributed by atoms with van der Waals surface area (Å²) >= 11 is 21.0. The van der Waals surface area contributed by atoms with Crippen LogP contribution < -0.4 is 0 Å². The highest BCUT2D eigenvalue weighted by atomic mass is 79.9. The van der Waals surface area contributed by atoms with Gasteiger partial charge < -0.3 is 5.11 Å². The van der Waals surface area contributed by atoms with Crippen LogP contribution in [0.15, 0.2) is 22.7 Å². The van der Waals surface area contributed by atoms with Crippen molar-refractivity contribution >= 4 is 56.7 Å². The number of alkyl halides is 2. The first-order valence-electron chi connectivity index (χ1n) is 4.40. The molecule has 2 atom stereocenters. The first-order chi connectivity index (χ1) is 7.34. The first-order valence-corrected chi connectivity index (χ1v) is 6.33. The molecule has 1 fully saturated rings. The number of carboxylic acid groups (broad SMARTS) is 1. The summed E-state index contributed by atoms with van der Waals surface area (Å²) in [5.74, 6) is -2.18. The summed E-state index contributed by atoms with van der Waals surface area (Å²) in [5, 5.41) is 9.46. The molecule has 2 nitrogen and oxygen atoms in total. The third-order valence-corrected chi connectivity index (χ3v) is 4.18. The van der Waals surface area contributed by atoms with Crippen LogP contribution in [0.4, 0.5) is 0 Å². The molecular formula is C10H6BrCl3O2. The standard InChI is InChI=1S/C10H6BrCl3O2/c11-5-1-4(2-6(12)3-5)7-8(9(15)16)10(7,13)14/h1-3,7-8H,(H,15,16)/t7-,8+/m0/s1. The molecule has 1 N–H and O–H groups in total. The van der Waals surface area contributed by atoms with Gasteiger partial charge in [-0.1, -0.05) is 50.7 Å². The minimum Gasteiger partial charge on any atom is -0.481 e. The smallest absolute Gasteiger partial charge is 0.310 e. The molecule has 0 aromatic heterocycles. The zero-order chi connectivity index (χ0) is 12.1. The maximum Gasteiger partial charge on any atom is 0.310 e. The molecule has 16 heavy (non-hydrogen) atoms. The molecule has 0 unspecified atom stereocenters. The largest absolute Gasteiger partial charge is 0.481 e. The average molecular weight is 344 g/mol. The van der Waals surface area contributed by atoms with Crippen molar-refractivity contribution in [2.24, 2.45) is 5.92 Å². The molecule has 0 heterocycles. The SMILES string of the molecule is O=C(O)[C@H]1[C@H](c2cc(Cl)cc(Br)c2)C1(Cl)Cl. The van der Waals surface area contributed by atoms with Crippen molar-refractivity contribution in [1.82, 2.24) is 0 Å². The van der Waals surface area contributed by atoms with E-state index >= 15 is 0 Å². The molecule has 86 valence electrons. The fourth-order valence-corrected chi connectivity index (χ4v) is 3.51. The van der Waals surface area contributed by atoms with Crippen molar-refractivity contribution in [3.63, 3.8) is 0 Å². The van der Waals surface area contributed by atoms with Crippen LogP contribution in [0.2, 0.25) is 5.02 Å². The van der Waals surface area contributed by atoms with Gasteiger partial charge in [-0.25, -0.2) is 0 Å². The minimum absolute atomic E-state index is 0.414. The van der Waals surface area contributed by atoms with Crippen LogP contribution in [0.1, 0.15) is 11.5 Å². The van der Waals surface area contributed by atoms with Gasteiger partial charge in [0.2, 0.25) is 0 Å². The predicted octanol–water partition coefficient (Wildman–Crippen LogP) is 4.07. The quantitative estimate of drug-likeness (QED) is 0.821. The van der Waals surface area contributed by atoms with Crippen molar-refractivity contribution in [3.05, 3.63) is 33.3 Å². The molecular weight excluding hydrogens is 338 g/mol. The van der Waals surface area contributed by atoms with Crippen LogP contribution in [-0.4, -0.2) is 15.4 Å². The van der Waals surface area contributed by atoms with Crippen molar-refractivity contribution in [2.45, 2.75) is 10.3 Å². The highest BCUT2D eigenvalue weighted by Gasteiger charge is 2.68. The predicted molar refractivity (Wildman–Crippen MR) is 67.5 cm³/mol. The Labute approximate surface area is 116 Å². The van der Waals surface area contributed by atoms with Gasteiger partial charge in [-0.05, 0) is 23.8 Å². The van der Waals surface area contributed by atoms with Crippen molar-refractivity contribution in [2.75, 3.05) is 0 Å². The fraction of sp³-hybridized carbons (Fsp3) is 0.300. The molecule has 0 bridgehead atoms. The molecule has 2 rings (SSSR count). The number of carbonyl (C=O) groups is 1. The van der Waals surface area contributed by atoms with Gasteiger partial charge in [-0.2, -0.15) is 0 Å². The summed E-state index contributed by atoms with van der Waals surface area (Å²) in [5.41, 5.74) is 0.733. The highest BCUT2D eigenvalue weighted by molar-refractivity contribution is 9.10. The average Bonchev–Trinajstić information content (AvgIpc) is 2.67. The molecule has 6 heteroatoms. The summed E-state index contributed by atoms with van der Waals surface area (Å²) in [6.45, 7) is 0. The molecule has 1 aliphatic carbocycles. The van der Waals surface area contributed by atoms with Gasteiger partial charge in [0.1, 0.15) is 4.33 Å². The van der Waals surface area contributed by atoms with Gasteiger partial charge in [0.25, 0.3) is 0 Å². The van der Waals surface area contributed by atoms with E-state index in [0.717, 1.165) is 10.0 Å². The molecule has 0 radical (unpaired) electrons. The summed E-state index contributed by atoms with van der Waals surface area (Å²) < 4.78 is -0.467. The Balaban J connectivity index is 2.37. The molecule has 0 saturated heterocycles. The Hall–Kier alpha value is 0.0400. The zero-order valence-electron chi connectivity index (χ0n) is 7.75. The van der Waals surface area contributed by atoms with E-state index in [2.05, 4.69) is 15.9 Å². The number of hydrogen-bond acceptors (Lipinski definition) is 1. The lowest BCUT2D eigenvalue weighted by atomic mass is 10.1. The van der Waals surface area contributed by atoms with Gasteiger partial charge in [0.15, 0.2) is 0 Å². The van der Waals surface area contributed by atoms with Crippen LogP contribution >= 0.6 is 50.7 Å². The van der Waals surface area contributed by atoms with Gasteiger partial charge in [-0.3, -0.25) is 4.79 Å². The highest BCUT2D eigenvalue weighted by Crippen LogP contribution is 2.65. The third kappa shape index (κ3) is 2.06. The van der Waals surface area contributed by atoms with Crippen LogP contribution in [0.5, 0.6) is 0 Å². The van der Waals surface area contributed by atoms with E-state index in [1.807, 2.05) is 0 Å². The van der Waals surface area contributed by atoms with E-state index in [1.54, 1.807) is 18.2 Å². The lowest BCUT2D eigenvalue weighted by Gasteiger charge is -2.02. The summed E-state index contributed by atoms with van der Waals surface area (Å²) in [4.78, 5) is 10.9. The molecule has 0 aliphatic heterocycles. The Kier molecular flexibility index (Phi) is 3.17. The third-order valence-electron chi connectivity index (χ3n) is 2.56. The summed E-state index contributed by atoms with van der Waals surface area (Å²) in [7, 11) is 0. The number of benzene rings is 1. The van der Waals surface area contributed by atoms with E-state index in [0.29, 0.717) is 5.02 Å². The second kappa shape index (κ2) is 4.05. The molecule has 1 saturated carbocycles. The number of halogens is 4. The van der Waals surface area contributed by atoms with Gasteiger partial charge in [0.05, 0.1) is 5.92 Å². The summed E-state index contributed by atoms with van der Waals surface area (Å²) in [6, 6.07) is 5.17. The number of hydrogen-bond donors (Lipinski definition) is 1. The van der Waals surface area contributed by atoms with E-state index in [9.17, 15) is 4.79 Å². The van der Waals surface area contributed by atoms with E-state index in [-0.39, 0.29) is 0 Å². The van der Waals surface area contributed by atoms with E-state index in [4.69, 9.17) is 39.9 Å². The molecule has 0 spiro atoms. The number of aliphatic carboxylic acids is 1. The van der Waals surface area contributed by atoms with Gasteiger partial charge in [-0.15, -0.1) is 0 Å². The zero-order valence-corrected chi connectivity index (χ0v) is 11.6. The lowest BCUT2D eigenvalue weighted by Crippen LogP contribution is -2.03. The maximum atomic E-state index is 10.9. The van der Waals surface area contributed by atoms with Crippen LogP contribution in [-0.2, 0) is 4.79 Å². The van der Waals surface area contributed by atoms with E-state index < -0.39 is 22.1 Å². The normalized spacial score (nSPS) is 26.5. The van der Waals surface area contributed by atoms with Crippen LogP contribution in [0.3, 0.4) is 0 Å². The van der Waals surface area contributed by atoms with Gasteiger partial charge >= 0.3 is 5.97 Å². The van der Waals surface area contributed by atoms with Gasteiger partial charge in [0, 0.05) is 15.4 Å². The minimum atomic E-state index is -1.24. The van der Waals surface area contributed by atoms with Crippen molar-refractivity contribution < 1.29 is 9.90 Å². The Morgan fingerprint density at radius 3 is 2.44 bits per heavy atom. The molecule has 0 amide bonds. The molecule has 1 aromatic carbocycles. The summed E-state index contributed by atoms with van der Waals surface area (Å²) in [6.07, 6.45) is 0.